The molecule has 0 spiro atoms. The van der Waals surface area contributed by atoms with Crippen LogP contribution in [0.15, 0.2) is 42.6 Å². The highest BCUT2D eigenvalue weighted by Gasteiger charge is 2.23. The third-order valence-corrected chi connectivity index (χ3v) is 4.94. The van der Waals surface area contributed by atoms with Crippen LogP contribution in [0.1, 0.15) is 28.8 Å². The first-order chi connectivity index (χ1) is 12.3. The number of amides is 1. The van der Waals surface area contributed by atoms with E-state index in [0.717, 1.165) is 43.9 Å². The van der Waals surface area contributed by atoms with Crippen molar-refractivity contribution in [1.82, 2.24) is 10.3 Å². The molecule has 130 valence electrons. The molecule has 1 N–H and O–H groups in total. The molecule has 0 saturated carbocycles. The topological polar surface area (TPSA) is 54.5 Å². The van der Waals surface area contributed by atoms with Crippen molar-refractivity contribution in [2.24, 2.45) is 5.92 Å². The van der Waals surface area contributed by atoms with Crippen LogP contribution in [0, 0.1) is 5.92 Å². The van der Waals surface area contributed by atoms with E-state index in [2.05, 4.69) is 21.3 Å². The van der Waals surface area contributed by atoms with Crippen LogP contribution >= 0.6 is 0 Å². The van der Waals surface area contributed by atoms with Crippen molar-refractivity contribution in [3.05, 3.63) is 53.7 Å². The first-order valence-corrected chi connectivity index (χ1v) is 9.00. The van der Waals surface area contributed by atoms with E-state index >= 15 is 0 Å². The maximum Gasteiger partial charge on any atom is 0.255 e. The van der Waals surface area contributed by atoms with Gasteiger partial charge >= 0.3 is 0 Å². The van der Waals surface area contributed by atoms with Gasteiger partial charge in [0.05, 0.1) is 12.2 Å². The predicted molar refractivity (Wildman–Crippen MR) is 97.1 cm³/mol. The van der Waals surface area contributed by atoms with Crippen LogP contribution in [0.4, 0.5) is 5.82 Å². The van der Waals surface area contributed by atoms with E-state index in [1.165, 1.54) is 5.56 Å². The third kappa shape index (κ3) is 3.45. The standard InChI is InChI=1S/C20H23N3O2/c24-20(17-7-5-9-21-19(17)23-10-3-4-11-23)22-13-15-12-16-6-1-2-8-18(16)25-14-15/h1-2,5-9,15H,3-4,10-14H2,(H,22,24). The first kappa shape index (κ1) is 15.9. The zero-order chi connectivity index (χ0) is 17.1. The van der Waals surface area contributed by atoms with E-state index in [9.17, 15) is 4.79 Å². The Morgan fingerprint density at radius 3 is 2.92 bits per heavy atom. The molecule has 5 nitrogen and oxygen atoms in total. The number of aromatic nitrogens is 1. The summed E-state index contributed by atoms with van der Waals surface area (Å²) in [7, 11) is 0. The van der Waals surface area contributed by atoms with E-state index in [0.29, 0.717) is 24.6 Å². The second-order valence-corrected chi connectivity index (χ2v) is 6.77. The number of anilines is 1. The number of benzene rings is 1. The van der Waals surface area contributed by atoms with Gasteiger partial charge in [-0.3, -0.25) is 4.79 Å². The van der Waals surface area contributed by atoms with Crippen LogP contribution in [0.5, 0.6) is 5.75 Å². The fourth-order valence-corrected chi connectivity index (χ4v) is 3.61. The van der Waals surface area contributed by atoms with Gasteiger partial charge in [0.2, 0.25) is 0 Å². The number of para-hydroxylation sites is 1. The molecule has 25 heavy (non-hydrogen) atoms. The fourth-order valence-electron chi connectivity index (χ4n) is 3.61. The first-order valence-electron chi connectivity index (χ1n) is 9.00. The van der Waals surface area contributed by atoms with Crippen LogP contribution in [-0.4, -0.2) is 37.1 Å². The van der Waals surface area contributed by atoms with E-state index < -0.39 is 0 Å². The van der Waals surface area contributed by atoms with Crippen LogP contribution in [0.2, 0.25) is 0 Å². The lowest BCUT2D eigenvalue weighted by Gasteiger charge is -2.25. The largest absolute Gasteiger partial charge is 0.493 e. The number of hydrogen-bond donors (Lipinski definition) is 1. The molecule has 0 bridgehead atoms. The number of nitrogens with zero attached hydrogens (tertiary/aromatic N) is 2. The Bertz CT molecular complexity index is 756. The summed E-state index contributed by atoms with van der Waals surface area (Å²) in [6, 6.07) is 11.8. The molecule has 0 radical (unpaired) electrons. The van der Waals surface area contributed by atoms with Gasteiger partial charge in [0, 0.05) is 31.7 Å². The van der Waals surface area contributed by atoms with Gasteiger partial charge in [-0.05, 0) is 43.0 Å². The summed E-state index contributed by atoms with van der Waals surface area (Å²) >= 11 is 0. The molecule has 3 heterocycles. The van der Waals surface area contributed by atoms with Gasteiger partial charge in [-0.25, -0.2) is 4.98 Å². The molecular weight excluding hydrogens is 314 g/mol. The molecule has 1 saturated heterocycles. The molecule has 5 heteroatoms. The van der Waals surface area contributed by atoms with E-state index in [1.54, 1.807) is 6.20 Å². The van der Waals surface area contributed by atoms with Crippen molar-refractivity contribution in [1.29, 1.82) is 0 Å². The number of ether oxygens (including phenoxy) is 1. The Kier molecular flexibility index (Phi) is 4.55. The van der Waals surface area contributed by atoms with Crippen molar-refractivity contribution in [3.63, 3.8) is 0 Å². The summed E-state index contributed by atoms with van der Waals surface area (Å²) in [6.45, 7) is 3.21. The number of pyridine rings is 1. The summed E-state index contributed by atoms with van der Waals surface area (Å²) in [4.78, 5) is 19.3. The Morgan fingerprint density at radius 1 is 1.20 bits per heavy atom. The molecule has 4 rings (SSSR count). The summed E-state index contributed by atoms with van der Waals surface area (Å²) in [6.07, 6.45) is 5.02. The zero-order valence-corrected chi connectivity index (χ0v) is 14.3. The van der Waals surface area contributed by atoms with Crippen molar-refractivity contribution in [3.8, 4) is 5.75 Å². The minimum atomic E-state index is -0.0474. The van der Waals surface area contributed by atoms with Crippen LogP contribution in [0.3, 0.4) is 0 Å². The lowest BCUT2D eigenvalue weighted by atomic mass is 9.96. The number of rotatable bonds is 4. The van der Waals surface area contributed by atoms with Gasteiger partial charge in [-0.15, -0.1) is 0 Å². The highest BCUT2D eigenvalue weighted by atomic mass is 16.5. The van der Waals surface area contributed by atoms with E-state index in [4.69, 9.17) is 4.74 Å². The van der Waals surface area contributed by atoms with Crippen molar-refractivity contribution >= 4 is 11.7 Å². The molecular formula is C20H23N3O2. The minimum Gasteiger partial charge on any atom is -0.493 e. The lowest BCUT2D eigenvalue weighted by Crippen LogP contribution is -2.35. The number of carbonyl (C=O) groups excluding carboxylic acids is 1. The normalized spacial score (nSPS) is 19.2. The van der Waals surface area contributed by atoms with Crippen LogP contribution < -0.4 is 15.0 Å². The number of nitrogens with one attached hydrogen (secondary N) is 1. The quantitative estimate of drug-likeness (QED) is 0.932. The molecule has 1 atom stereocenters. The second kappa shape index (κ2) is 7.13. The van der Waals surface area contributed by atoms with Gasteiger partial charge in [0.25, 0.3) is 5.91 Å². The number of fused-ring (bicyclic) bond motifs is 1. The molecule has 1 amide bonds. The summed E-state index contributed by atoms with van der Waals surface area (Å²) in [5, 5.41) is 3.08. The van der Waals surface area contributed by atoms with Gasteiger partial charge < -0.3 is 15.0 Å². The Labute approximate surface area is 148 Å². The lowest BCUT2D eigenvalue weighted by molar-refractivity contribution is 0.0939. The van der Waals surface area contributed by atoms with Crippen molar-refractivity contribution in [2.75, 3.05) is 31.1 Å². The molecule has 2 aromatic rings. The molecule has 1 aromatic carbocycles. The second-order valence-electron chi connectivity index (χ2n) is 6.77. The van der Waals surface area contributed by atoms with E-state index in [-0.39, 0.29) is 5.91 Å². The highest BCUT2D eigenvalue weighted by Crippen LogP contribution is 2.27. The monoisotopic (exact) mass is 337 g/mol. The van der Waals surface area contributed by atoms with Crippen LogP contribution in [-0.2, 0) is 6.42 Å². The Morgan fingerprint density at radius 2 is 2.04 bits per heavy atom. The van der Waals surface area contributed by atoms with Gasteiger partial charge in [-0.1, -0.05) is 18.2 Å². The average Bonchev–Trinajstić information content (AvgIpc) is 3.20. The predicted octanol–water partition coefficient (Wildman–Crippen LogP) is 2.66. The molecule has 1 aromatic heterocycles. The average molecular weight is 337 g/mol. The number of hydrogen-bond acceptors (Lipinski definition) is 4. The maximum atomic E-state index is 12.7. The third-order valence-electron chi connectivity index (χ3n) is 4.94. The van der Waals surface area contributed by atoms with Crippen molar-refractivity contribution in [2.45, 2.75) is 19.3 Å². The van der Waals surface area contributed by atoms with Crippen LogP contribution in [0.25, 0.3) is 0 Å². The summed E-state index contributed by atoms with van der Waals surface area (Å²) in [5.74, 6) is 2.02. The van der Waals surface area contributed by atoms with E-state index in [1.807, 2.05) is 30.3 Å². The molecule has 2 aliphatic rings. The molecule has 1 fully saturated rings. The van der Waals surface area contributed by atoms with Gasteiger partial charge in [0.1, 0.15) is 11.6 Å². The van der Waals surface area contributed by atoms with Gasteiger partial charge in [0.15, 0.2) is 0 Å². The van der Waals surface area contributed by atoms with Gasteiger partial charge in [-0.2, -0.15) is 0 Å². The Balaban J connectivity index is 1.40. The fraction of sp³-hybridized carbons (Fsp3) is 0.400. The smallest absolute Gasteiger partial charge is 0.255 e. The summed E-state index contributed by atoms with van der Waals surface area (Å²) < 4.78 is 5.81. The minimum absolute atomic E-state index is 0.0474. The molecule has 2 aliphatic heterocycles. The highest BCUT2D eigenvalue weighted by molar-refractivity contribution is 5.98. The summed E-state index contributed by atoms with van der Waals surface area (Å²) in [5.41, 5.74) is 1.88. The SMILES string of the molecule is O=C(NCC1COc2ccccc2C1)c1cccnc1N1CCCC1. The number of carbonyl (C=O) groups is 1. The molecule has 0 aliphatic carbocycles. The molecule has 1 unspecified atom stereocenters. The zero-order valence-electron chi connectivity index (χ0n) is 14.3. The Hall–Kier alpha value is -2.56. The maximum absolute atomic E-state index is 12.7. The van der Waals surface area contributed by atoms with Crippen molar-refractivity contribution < 1.29 is 9.53 Å².